The van der Waals surface area contributed by atoms with Gasteiger partial charge in [0.05, 0.1) is 12.6 Å². The van der Waals surface area contributed by atoms with Crippen molar-refractivity contribution in [3.8, 4) is 5.75 Å². The Hall–Kier alpha value is -2.95. The Morgan fingerprint density at radius 3 is 2.87 bits per heavy atom. The summed E-state index contributed by atoms with van der Waals surface area (Å²) in [6.07, 6.45) is 2.14. The maximum atomic E-state index is 12.3. The van der Waals surface area contributed by atoms with Crippen LogP contribution in [0.4, 0.5) is 0 Å². The predicted octanol–water partition coefficient (Wildman–Crippen LogP) is 2.61. The van der Waals surface area contributed by atoms with Crippen LogP contribution in [0, 0.1) is 0 Å². The monoisotopic (exact) mass is 307 g/mol. The van der Waals surface area contributed by atoms with E-state index in [1.54, 1.807) is 7.11 Å². The molecule has 0 aliphatic heterocycles. The summed E-state index contributed by atoms with van der Waals surface area (Å²) in [7, 11) is 1.64. The summed E-state index contributed by atoms with van der Waals surface area (Å²) in [5.41, 5.74) is 2.28. The number of para-hydroxylation sites is 1. The highest BCUT2D eigenvalue weighted by molar-refractivity contribution is 6.04. The van der Waals surface area contributed by atoms with Crippen LogP contribution >= 0.6 is 0 Å². The van der Waals surface area contributed by atoms with Gasteiger partial charge in [-0.15, -0.1) is 0 Å². The van der Waals surface area contributed by atoms with Crippen LogP contribution in [-0.4, -0.2) is 29.5 Å². The molecule has 3 rings (SSSR count). The number of benzene rings is 2. The van der Waals surface area contributed by atoms with Gasteiger partial charge in [0.15, 0.2) is 0 Å². The summed E-state index contributed by atoms with van der Waals surface area (Å²) in [6, 6.07) is 15.3. The zero-order valence-corrected chi connectivity index (χ0v) is 12.8. The van der Waals surface area contributed by atoms with Gasteiger partial charge in [-0.3, -0.25) is 4.79 Å². The number of carbonyl (C=O) groups is 1. The Balaban J connectivity index is 1.67. The summed E-state index contributed by atoms with van der Waals surface area (Å²) < 4.78 is 5.20. The van der Waals surface area contributed by atoms with Crippen LogP contribution in [-0.2, 0) is 6.42 Å². The van der Waals surface area contributed by atoms with E-state index in [0.717, 1.165) is 28.6 Å². The van der Waals surface area contributed by atoms with Gasteiger partial charge in [-0.1, -0.05) is 30.3 Å². The summed E-state index contributed by atoms with van der Waals surface area (Å²) in [5.74, 6) is 0.627. The van der Waals surface area contributed by atoms with E-state index in [1.807, 2.05) is 48.5 Å². The number of nitrogens with zero attached hydrogens (tertiary/aromatic N) is 2. The van der Waals surface area contributed by atoms with Gasteiger partial charge in [0, 0.05) is 11.9 Å². The van der Waals surface area contributed by atoms with E-state index in [4.69, 9.17) is 4.74 Å². The molecule has 5 heteroatoms. The fraction of sp³-hybridized carbons (Fsp3) is 0.167. The second kappa shape index (κ2) is 6.87. The molecule has 0 atom stereocenters. The van der Waals surface area contributed by atoms with Gasteiger partial charge in [0.2, 0.25) is 0 Å². The lowest BCUT2D eigenvalue weighted by Gasteiger charge is -2.08. The smallest absolute Gasteiger partial charge is 0.270 e. The SMILES string of the molecule is COc1cccc(CCNC(=O)c2ncnc3ccccc23)c1. The van der Waals surface area contributed by atoms with E-state index in [2.05, 4.69) is 15.3 Å². The van der Waals surface area contributed by atoms with Gasteiger partial charge >= 0.3 is 0 Å². The van der Waals surface area contributed by atoms with E-state index >= 15 is 0 Å². The molecule has 5 nitrogen and oxygen atoms in total. The molecule has 0 spiro atoms. The van der Waals surface area contributed by atoms with Crippen LogP contribution in [0.5, 0.6) is 5.75 Å². The average Bonchev–Trinajstić information content (AvgIpc) is 2.61. The van der Waals surface area contributed by atoms with Crippen LogP contribution in [0.1, 0.15) is 16.1 Å². The molecule has 1 heterocycles. The molecule has 0 bridgehead atoms. The number of aromatic nitrogens is 2. The van der Waals surface area contributed by atoms with Crippen LogP contribution in [0.3, 0.4) is 0 Å². The third-order valence-electron chi connectivity index (χ3n) is 3.59. The van der Waals surface area contributed by atoms with Gasteiger partial charge in [-0.25, -0.2) is 9.97 Å². The third-order valence-corrected chi connectivity index (χ3v) is 3.59. The van der Waals surface area contributed by atoms with Crippen molar-refractivity contribution in [2.45, 2.75) is 6.42 Å². The molecule has 0 saturated heterocycles. The molecule has 0 fully saturated rings. The quantitative estimate of drug-likeness (QED) is 0.787. The first-order valence-electron chi connectivity index (χ1n) is 7.39. The molecule has 0 saturated carbocycles. The highest BCUT2D eigenvalue weighted by Gasteiger charge is 2.11. The van der Waals surface area contributed by atoms with Crippen molar-refractivity contribution in [2.24, 2.45) is 0 Å². The molecule has 1 N–H and O–H groups in total. The van der Waals surface area contributed by atoms with Crippen molar-refractivity contribution in [2.75, 3.05) is 13.7 Å². The normalized spacial score (nSPS) is 10.5. The number of carbonyl (C=O) groups excluding carboxylic acids is 1. The largest absolute Gasteiger partial charge is 0.497 e. The molecule has 3 aromatic rings. The number of methoxy groups -OCH3 is 1. The number of nitrogens with one attached hydrogen (secondary N) is 1. The number of amides is 1. The first-order chi connectivity index (χ1) is 11.3. The minimum Gasteiger partial charge on any atom is -0.497 e. The second-order valence-electron chi connectivity index (χ2n) is 5.10. The van der Waals surface area contributed by atoms with Crippen LogP contribution in [0.2, 0.25) is 0 Å². The van der Waals surface area contributed by atoms with Gasteiger partial charge in [-0.2, -0.15) is 0 Å². The van der Waals surface area contributed by atoms with Crippen molar-refractivity contribution >= 4 is 16.8 Å². The van der Waals surface area contributed by atoms with Crippen molar-refractivity contribution < 1.29 is 9.53 Å². The summed E-state index contributed by atoms with van der Waals surface area (Å²) in [5, 5.41) is 3.67. The molecule has 0 radical (unpaired) electrons. The zero-order chi connectivity index (χ0) is 16.1. The third kappa shape index (κ3) is 3.45. The number of rotatable bonds is 5. The van der Waals surface area contributed by atoms with Crippen molar-refractivity contribution in [3.05, 3.63) is 66.1 Å². The number of ether oxygens (including phenoxy) is 1. The maximum absolute atomic E-state index is 12.3. The first kappa shape index (κ1) is 15.0. The molecule has 0 unspecified atom stereocenters. The van der Waals surface area contributed by atoms with E-state index in [0.29, 0.717) is 12.2 Å². The summed E-state index contributed by atoms with van der Waals surface area (Å²) in [6.45, 7) is 0.532. The molecule has 0 aliphatic carbocycles. The Bertz CT molecular complexity index is 828. The lowest BCUT2D eigenvalue weighted by Crippen LogP contribution is -2.26. The summed E-state index contributed by atoms with van der Waals surface area (Å²) in [4.78, 5) is 20.6. The molecule has 116 valence electrons. The number of hydrogen-bond donors (Lipinski definition) is 1. The highest BCUT2D eigenvalue weighted by atomic mass is 16.5. The maximum Gasteiger partial charge on any atom is 0.270 e. The van der Waals surface area contributed by atoms with E-state index in [1.165, 1.54) is 6.33 Å². The fourth-order valence-electron chi connectivity index (χ4n) is 2.42. The molecular weight excluding hydrogens is 290 g/mol. The van der Waals surface area contributed by atoms with Gasteiger partial charge in [-0.05, 0) is 30.2 Å². The fourth-order valence-corrected chi connectivity index (χ4v) is 2.42. The average molecular weight is 307 g/mol. The van der Waals surface area contributed by atoms with Gasteiger partial charge in [0.1, 0.15) is 17.8 Å². The van der Waals surface area contributed by atoms with Crippen molar-refractivity contribution in [1.29, 1.82) is 0 Å². The minimum absolute atomic E-state index is 0.188. The summed E-state index contributed by atoms with van der Waals surface area (Å²) >= 11 is 0. The van der Waals surface area contributed by atoms with E-state index < -0.39 is 0 Å². The second-order valence-corrected chi connectivity index (χ2v) is 5.10. The van der Waals surface area contributed by atoms with Crippen LogP contribution in [0.15, 0.2) is 54.9 Å². The first-order valence-corrected chi connectivity index (χ1v) is 7.39. The highest BCUT2D eigenvalue weighted by Crippen LogP contribution is 2.14. The molecule has 1 aromatic heterocycles. The van der Waals surface area contributed by atoms with Crippen LogP contribution in [0.25, 0.3) is 10.9 Å². The molecule has 2 aromatic carbocycles. The number of fused-ring (bicyclic) bond motifs is 1. The number of hydrogen-bond acceptors (Lipinski definition) is 4. The molecule has 1 amide bonds. The predicted molar refractivity (Wildman–Crippen MR) is 88.6 cm³/mol. The van der Waals surface area contributed by atoms with Crippen molar-refractivity contribution in [1.82, 2.24) is 15.3 Å². The van der Waals surface area contributed by atoms with Gasteiger partial charge < -0.3 is 10.1 Å². The van der Waals surface area contributed by atoms with E-state index in [-0.39, 0.29) is 5.91 Å². The van der Waals surface area contributed by atoms with E-state index in [9.17, 15) is 4.79 Å². The Morgan fingerprint density at radius 2 is 2.00 bits per heavy atom. The molecular formula is C18H17N3O2. The molecule has 0 aliphatic rings. The topological polar surface area (TPSA) is 64.1 Å². The Kier molecular flexibility index (Phi) is 4.47. The standard InChI is InChI=1S/C18H17N3O2/c1-23-14-6-4-5-13(11-14)9-10-19-18(22)17-15-7-2-3-8-16(15)20-12-21-17/h2-8,11-12H,9-10H2,1H3,(H,19,22). The zero-order valence-electron chi connectivity index (χ0n) is 12.8. The van der Waals surface area contributed by atoms with Gasteiger partial charge in [0.25, 0.3) is 5.91 Å². The molecule has 23 heavy (non-hydrogen) atoms. The van der Waals surface area contributed by atoms with Crippen molar-refractivity contribution in [3.63, 3.8) is 0 Å². The lowest BCUT2D eigenvalue weighted by molar-refractivity contribution is 0.0951. The Morgan fingerprint density at radius 1 is 1.13 bits per heavy atom. The minimum atomic E-state index is -0.188. The lowest BCUT2D eigenvalue weighted by atomic mass is 10.1. The van der Waals surface area contributed by atoms with Crippen LogP contribution < -0.4 is 10.1 Å². The Labute approximate surface area is 134 Å².